The number of esters is 1. The van der Waals surface area contributed by atoms with Gasteiger partial charge >= 0.3 is 11.9 Å². The lowest BCUT2D eigenvalue weighted by Gasteiger charge is -2.72. The van der Waals surface area contributed by atoms with E-state index in [0.29, 0.717) is 25.7 Å². The van der Waals surface area contributed by atoms with Crippen LogP contribution in [-0.4, -0.2) is 50.2 Å². The van der Waals surface area contributed by atoms with Gasteiger partial charge in [0.05, 0.1) is 17.1 Å². The third-order valence-corrected chi connectivity index (χ3v) is 14.9. The molecule has 7 heteroatoms. The summed E-state index contributed by atoms with van der Waals surface area (Å²) >= 11 is 0. The van der Waals surface area contributed by atoms with Crippen LogP contribution in [0.3, 0.4) is 0 Å². The molecule has 4 saturated carbocycles. The zero-order valence-electron chi connectivity index (χ0n) is 28.7. The van der Waals surface area contributed by atoms with E-state index in [-0.39, 0.29) is 39.7 Å². The number of phenols is 1. The van der Waals surface area contributed by atoms with Crippen LogP contribution < -0.4 is 0 Å². The van der Waals surface area contributed by atoms with E-state index in [0.717, 1.165) is 36.8 Å². The zero-order valence-corrected chi connectivity index (χ0v) is 28.7. The quantitative estimate of drug-likeness (QED) is 0.158. The molecule has 1 aromatic carbocycles. The van der Waals surface area contributed by atoms with Gasteiger partial charge in [-0.3, -0.25) is 4.79 Å². The highest BCUT2D eigenvalue weighted by molar-refractivity contribution is 5.87. The van der Waals surface area contributed by atoms with Crippen molar-refractivity contribution in [3.63, 3.8) is 0 Å². The van der Waals surface area contributed by atoms with Crippen LogP contribution in [0.15, 0.2) is 42.0 Å². The van der Waals surface area contributed by atoms with Crippen LogP contribution in [0, 0.1) is 50.7 Å². The standard InChI is InChI=1S/C39H54O7/c1-23-16-19-39(33(43)44)21-20-36(5)26(31(39)38(23,7)45)13-14-29-35(4)22-27(41)32(34(2,3)28(35)17-18-37(29,36)6)46-30(42)15-10-24-8-11-25(40)12-9-24/h8-13,15,23,27-29,31-32,40-41,45H,14,16-22H2,1-7H3,(H,43,44). The molecule has 0 aliphatic heterocycles. The minimum atomic E-state index is -1.11. The van der Waals surface area contributed by atoms with Crippen molar-refractivity contribution in [3.05, 3.63) is 47.6 Å². The van der Waals surface area contributed by atoms with Crippen molar-refractivity contribution < 1.29 is 34.8 Å². The van der Waals surface area contributed by atoms with Gasteiger partial charge in [-0.05, 0) is 116 Å². The Balaban J connectivity index is 1.31. The number of carbonyl (C=O) groups is 2. The molecule has 0 bridgehead atoms. The number of aromatic hydroxyl groups is 1. The number of aliphatic hydroxyl groups excluding tert-OH is 1. The molecule has 4 fully saturated rings. The van der Waals surface area contributed by atoms with E-state index < -0.39 is 46.5 Å². The van der Waals surface area contributed by atoms with Gasteiger partial charge in [-0.25, -0.2) is 4.79 Å². The van der Waals surface area contributed by atoms with Crippen LogP contribution in [0.1, 0.15) is 105 Å². The summed E-state index contributed by atoms with van der Waals surface area (Å²) in [5.74, 6) is -1.07. The Kier molecular flexibility index (Phi) is 7.73. The lowest BCUT2D eigenvalue weighted by molar-refractivity contribution is -0.242. The smallest absolute Gasteiger partial charge is 0.331 e. The monoisotopic (exact) mass is 634 g/mol. The molecule has 0 radical (unpaired) electrons. The predicted octanol–water partition coefficient (Wildman–Crippen LogP) is 7.15. The van der Waals surface area contributed by atoms with Gasteiger partial charge < -0.3 is 25.2 Å². The summed E-state index contributed by atoms with van der Waals surface area (Å²) in [6, 6.07) is 6.57. The van der Waals surface area contributed by atoms with Crippen molar-refractivity contribution in [1.29, 1.82) is 0 Å². The molecule has 6 rings (SSSR count). The highest BCUT2D eigenvalue weighted by Gasteiger charge is 2.72. The molecule has 46 heavy (non-hydrogen) atoms. The Morgan fingerprint density at radius 1 is 0.935 bits per heavy atom. The molecule has 0 amide bonds. The van der Waals surface area contributed by atoms with Crippen molar-refractivity contribution in [2.24, 2.45) is 50.7 Å². The maximum absolute atomic E-state index is 13.0. The molecule has 7 nitrogen and oxygen atoms in total. The van der Waals surface area contributed by atoms with Gasteiger partial charge in [0.25, 0.3) is 0 Å². The highest BCUT2D eigenvalue weighted by atomic mass is 16.6. The fourth-order valence-electron chi connectivity index (χ4n) is 12.1. The van der Waals surface area contributed by atoms with Gasteiger partial charge in [0.15, 0.2) is 0 Å². The number of ether oxygens (including phenoxy) is 1. The first-order chi connectivity index (χ1) is 21.3. The third kappa shape index (κ3) is 4.50. The molecule has 0 aromatic heterocycles. The third-order valence-electron chi connectivity index (χ3n) is 14.9. The molecule has 11 atom stereocenters. The predicted molar refractivity (Wildman–Crippen MR) is 176 cm³/mol. The number of carbonyl (C=O) groups excluding carboxylic acids is 1. The Labute approximate surface area is 274 Å². The molecule has 11 unspecified atom stereocenters. The lowest BCUT2D eigenvalue weighted by Crippen LogP contribution is -2.69. The van der Waals surface area contributed by atoms with Crippen LogP contribution in [0.25, 0.3) is 6.08 Å². The van der Waals surface area contributed by atoms with Crippen molar-refractivity contribution in [3.8, 4) is 5.75 Å². The maximum atomic E-state index is 13.0. The molecular formula is C39H54O7. The Morgan fingerprint density at radius 3 is 2.26 bits per heavy atom. The highest BCUT2D eigenvalue weighted by Crippen LogP contribution is 2.76. The topological polar surface area (TPSA) is 124 Å². The number of hydrogen-bond acceptors (Lipinski definition) is 6. The molecule has 4 N–H and O–H groups in total. The first-order valence-electron chi connectivity index (χ1n) is 17.4. The number of carboxylic acids is 1. The van der Waals surface area contributed by atoms with Crippen molar-refractivity contribution in [1.82, 2.24) is 0 Å². The van der Waals surface area contributed by atoms with Gasteiger partial charge in [-0.1, -0.05) is 65.3 Å². The molecule has 5 aliphatic rings. The van der Waals surface area contributed by atoms with E-state index in [4.69, 9.17) is 4.74 Å². The maximum Gasteiger partial charge on any atom is 0.331 e. The van der Waals surface area contributed by atoms with Gasteiger partial charge in [-0.15, -0.1) is 0 Å². The van der Waals surface area contributed by atoms with E-state index >= 15 is 0 Å². The summed E-state index contributed by atoms with van der Waals surface area (Å²) in [5, 5.41) is 44.0. The molecule has 5 aliphatic carbocycles. The Hall–Kier alpha value is -2.64. The second-order valence-electron chi connectivity index (χ2n) is 17.2. The van der Waals surface area contributed by atoms with E-state index in [2.05, 4.69) is 47.6 Å². The van der Waals surface area contributed by atoms with Crippen molar-refractivity contribution >= 4 is 18.0 Å². The van der Waals surface area contributed by atoms with Crippen LogP contribution in [0.5, 0.6) is 5.75 Å². The Bertz CT molecular complexity index is 1460. The van der Waals surface area contributed by atoms with Gasteiger partial charge in [0.1, 0.15) is 11.9 Å². The number of allylic oxidation sites excluding steroid dienone is 1. The van der Waals surface area contributed by atoms with E-state index in [1.165, 1.54) is 6.08 Å². The second kappa shape index (κ2) is 10.7. The average molecular weight is 635 g/mol. The van der Waals surface area contributed by atoms with Crippen LogP contribution >= 0.6 is 0 Å². The molecular weight excluding hydrogens is 580 g/mol. The first-order valence-corrected chi connectivity index (χ1v) is 17.4. The van der Waals surface area contributed by atoms with Crippen LogP contribution in [-0.2, 0) is 14.3 Å². The number of carboxylic acid groups (broad SMARTS) is 1. The summed E-state index contributed by atoms with van der Waals surface area (Å²) < 4.78 is 6.03. The summed E-state index contributed by atoms with van der Waals surface area (Å²) in [6.07, 6.45) is 9.72. The molecule has 252 valence electrons. The van der Waals surface area contributed by atoms with Gasteiger partial charge in [0, 0.05) is 17.4 Å². The average Bonchev–Trinajstić information content (AvgIpc) is 2.97. The van der Waals surface area contributed by atoms with Crippen molar-refractivity contribution in [2.75, 3.05) is 0 Å². The number of fused-ring (bicyclic) bond motifs is 7. The number of phenolic OH excluding ortho intramolecular Hbond substituents is 1. The fourth-order valence-corrected chi connectivity index (χ4v) is 12.1. The van der Waals surface area contributed by atoms with Gasteiger partial charge in [-0.2, -0.15) is 0 Å². The molecule has 0 heterocycles. The number of rotatable bonds is 4. The van der Waals surface area contributed by atoms with E-state index in [9.17, 15) is 30.0 Å². The Morgan fingerprint density at radius 2 is 1.61 bits per heavy atom. The molecule has 0 spiro atoms. The summed E-state index contributed by atoms with van der Waals surface area (Å²) in [7, 11) is 0. The minimum Gasteiger partial charge on any atom is -0.508 e. The largest absolute Gasteiger partial charge is 0.508 e. The van der Waals surface area contributed by atoms with Gasteiger partial charge in [0.2, 0.25) is 0 Å². The fraction of sp³-hybridized carbons (Fsp3) is 0.692. The summed E-state index contributed by atoms with van der Waals surface area (Å²) in [5.41, 5.74) is -1.25. The number of benzene rings is 1. The molecule has 1 aromatic rings. The number of hydrogen-bond donors (Lipinski definition) is 4. The first kappa shape index (κ1) is 33.3. The van der Waals surface area contributed by atoms with Crippen molar-refractivity contribution in [2.45, 2.75) is 118 Å². The zero-order chi connectivity index (χ0) is 33.7. The van der Waals surface area contributed by atoms with E-state index in [1.54, 1.807) is 30.3 Å². The number of aliphatic carboxylic acids is 1. The second-order valence-corrected chi connectivity index (χ2v) is 17.2. The minimum absolute atomic E-state index is 0.0110. The van der Waals surface area contributed by atoms with Crippen LogP contribution in [0.2, 0.25) is 0 Å². The molecule has 0 saturated heterocycles. The lowest BCUT2D eigenvalue weighted by atomic mass is 9.33. The summed E-state index contributed by atoms with van der Waals surface area (Å²) in [6.45, 7) is 15.3. The summed E-state index contributed by atoms with van der Waals surface area (Å²) in [4.78, 5) is 26.0. The normalized spacial score (nSPS) is 46.2. The number of aliphatic hydroxyl groups is 2. The van der Waals surface area contributed by atoms with Crippen LogP contribution in [0.4, 0.5) is 0 Å². The SMILES string of the molecule is CC1CCC2(C(=O)O)CCC3(C)C(=CCC4C5(C)CC(O)C(OC(=O)C=Cc6ccc(O)cc6)C(C)(C)C5CCC43C)C2C1(C)O. The van der Waals surface area contributed by atoms with E-state index in [1.807, 2.05) is 6.92 Å².